The largest absolute Gasteiger partial charge is 0.444 e. The molecule has 1 amide bonds. The Bertz CT molecular complexity index is 277. The summed E-state index contributed by atoms with van der Waals surface area (Å²) in [5, 5.41) is 2.39. The molecule has 0 bridgehead atoms. The molecule has 0 aliphatic heterocycles. The Morgan fingerprint density at radius 1 is 1.40 bits per heavy atom. The number of carbonyl (C=O) groups excluding carboxylic acids is 2. The van der Waals surface area contributed by atoms with Crippen molar-refractivity contribution >= 4 is 11.9 Å². The Hall–Kier alpha value is -1.10. The van der Waals surface area contributed by atoms with E-state index < -0.39 is 17.2 Å². The van der Waals surface area contributed by atoms with Gasteiger partial charge >= 0.3 is 6.09 Å². The molecule has 1 fully saturated rings. The predicted molar refractivity (Wildman–Crippen MR) is 55.4 cm³/mol. The molecular formula is C10H18N2O3. The Kier molecular flexibility index (Phi) is 3.04. The van der Waals surface area contributed by atoms with Crippen molar-refractivity contribution in [2.24, 2.45) is 5.73 Å². The van der Waals surface area contributed by atoms with Crippen LogP contribution in [0, 0.1) is 0 Å². The smallest absolute Gasteiger partial charge is 0.408 e. The number of ketones is 1. The average molecular weight is 214 g/mol. The summed E-state index contributed by atoms with van der Waals surface area (Å²) in [4.78, 5) is 22.6. The van der Waals surface area contributed by atoms with Gasteiger partial charge in [0.05, 0.1) is 12.1 Å². The predicted octanol–water partition coefficient (Wildman–Crippen LogP) is 0.571. The molecule has 15 heavy (non-hydrogen) atoms. The highest BCUT2D eigenvalue weighted by Gasteiger charge is 2.45. The van der Waals surface area contributed by atoms with Crippen molar-refractivity contribution in [1.82, 2.24) is 5.32 Å². The van der Waals surface area contributed by atoms with Gasteiger partial charge in [-0.1, -0.05) is 0 Å². The topological polar surface area (TPSA) is 81.4 Å². The summed E-state index contributed by atoms with van der Waals surface area (Å²) in [6.07, 6.45) is 0.837. The van der Waals surface area contributed by atoms with Gasteiger partial charge in [-0.25, -0.2) is 4.79 Å². The van der Waals surface area contributed by atoms with Gasteiger partial charge in [-0.3, -0.25) is 4.79 Å². The standard InChI is InChI=1S/C10H18N2O3/c1-9(2,3)15-8(14)12-6-7(13)10(11)4-5-10/h4-6,11H2,1-3H3,(H,12,14). The maximum atomic E-state index is 11.4. The van der Waals surface area contributed by atoms with Crippen LogP contribution in [0.15, 0.2) is 0 Å². The van der Waals surface area contributed by atoms with Crippen molar-refractivity contribution in [1.29, 1.82) is 0 Å². The van der Waals surface area contributed by atoms with Crippen molar-refractivity contribution in [3.8, 4) is 0 Å². The van der Waals surface area contributed by atoms with E-state index in [1.54, 1.807) is 20.8 Å². The summed E-state index contributed by atoms with van der Waals surface area (Å²) in [6.45, 7) is 5.24. The molecule has 0 aromatic heterocycles. The van der Waals surface area contributed by atoms with E-state index in [2.05, 4.69) is 5.32 Å². The Balaban J connectivity index is 2.25. The lowest BCUT2D eigenvalue weighted by molar-refractivity contribution is -0.120. The van der Waals surface area contributed by atoms with E-state index in [-0.39, 0.29) is 12.3 Å². The molecule has 0 heterocycles. The number of alkyl carbamates (subject to hydrolysis) is 1. The minimum absolute atomic E-state index is 0.0502. The van der Waals surface area contributed by atoms with Crippen molar-refractivity contribution in [3.05, 3.63) is 0 Å². The molecule has 5 heteroatoms. The molecule has 1 aliphatic carbocycles. The lowest BCUT2D eigenvalue weighted by atomic mass is 10.2. The minimum Gasteiger partial charge on any atom is -0.444 e. The summed E-state index contributed by atoms with van der Waals surface area (Å²) in [5.41, 5.74) is 4.43. The number of hydrogen-bond acceptors (Lipinski definition) is 4. The van der Waals surface area contributed by atoms with Gasteiger partial charge in [0, 0.05) is 0 Å². The third-order valence-electron chi connectivity index (χ3n) is 2.14. The number of nitrogens with two attached hydrogens (primary N) is 1. The molecule has 1 rings (SSSR count). The number of rotatable bonds is 3. The lowest BCUT2D eigenvalue weighted by Gasteiger charge is -2.19. The molecule has 0 saturated heterocycles. The minimum atomic E-state index is -0.686. The van der Waals surface area contributed by atoms with Crippen LogP contribution in [0.3, 0.4) is 0 Å². The normalized spacial score (nSPS) is 18.1. The van der Waals surface area contributed by atoms with Crippen LogP contribution in [0.5, 0.6) is 0 Å². The van der Waals surface area contributed by atoms with Gasteiger partial charge in [0.25, 0.3) is 0 Å². The Morgan fingerprint density at radius 3 is 2.33 bits per heavy atom. The monoisotopic (exact) mass is 214 g/mol. The maximum absolute atomic E-state index is 11.4. The van der Waals surface area contributed by atoms with Crippen LogP contribution < -0.4 is 11.1 Å². The SMILES string of the molecule is CC(C)(C)OC(=O)NCC(=O)C1(N)CC1. The van der Waals surface area contributed by atoms with E-state index in [9.17, 15) is 9.59 Å². The zero-order valence-electron chi connectivity index (χ0n) is 9.42. The fourth-order valence-electron chi connectivity index (χ4n) is 1.06. The number of amides is 1. The Labute approximate surface area is 89.3 Å². The highest BCUT2D eigenvalue weighted by Crippen LogP contribution is 2.32. The van der Waals surface area contributed by atoms with Crippen molar-refractivity contribution < 1.29 is 14.3 Å². The second-order valence-corrected chi connectivity index (χ2v) is 4.93. The summed E-state index contributed by atoms with van der Waals surface area (Å²) in [6, 6.07) is 0. The highest BCUT2D eigenvalue weighted by atomic mass is 16.6. The summed E-state index contributed by atoms with van der Waals surface area (Å²) < 4.78 is 4.98. The van der Waals surface area contributed by atoms with Crippen LogP contribution in [0.2, 0.25) is 0 Å². The van der Waals surface area contributed by atoms with Gasteiger partial charge in [-0.05, 0) is 33.6 Å². The molecule has 0 radical (unpaired) electrons. The van der Waals surface area contributed by atoms with Crippen molar-refractivity contribution in [3.63, 3.8) is 0 Å². The first-order chi connectivity index (χ1) is 6.73. The van der Waals surface area contributed by atoms with E-state index in [1.165, 1.54) is 0 Å². The number of hydrogen-bond donors (Lipinski definition) is 2. The molecular weight excluding hydrogens is 196 g/mol. The van der Waals surface area contributed by atoms with Crippen molar-refractivity contribution in [2.45, 2.75) is 44.8 Å². The first kappa shape index (κ1) is 12.0. The second kappa shape index (κ2) is 3.81. The third-order valence-corrected chi connectivity index (χ3v) is 2.14. The van der Waals surface area contributed by atoms with Gasteiger partial charge in [0.1, 0.15) is 5.60 Å². The average Bonchev–Trinajstić information content (AvgIpc) is 2.77. The van der Waals surface area contributed by atoms with Gasteiger partial charge in [0.2, 0.25) is 0 Å². The molecule has 0 aromatic rings. The van der Waals surface area contributed by atoms with E-state index in [4.69, 9.17) is 10.5 Å². The second-order valence-electron chi connectivity index (χ2n) is 4.93. The molecule has 1 saturated carbocycles. The summed E-state index contributed by atoms with van der Waals surface area (Å²) >= 11 is 0. The third kappa shape index (κ3) is 3.87. The zero-order chi connectivity index (χ0) is 11.7. The maximum Gasteiger partial charge on any atom is 0.408 e. The van der Waals surface area contributed by atoms with E-state index in [0.29, 0.717) is 12.8 Å². The van der Waals surface area contributed by atoms with Crippen LogP contribution in [-0.2, 0) is 9.53 Å². The molecule has 0 atom stereocenters. The van der Waals surface area contributed by atoms with E-state index in [0.717, 1.165) is 0 Å². The Morgan fingerprint density at radius 2 is 1.93 bits per heavy atom. The summed E-state index contributed by atoms with van der Waals surface area (Å²) in [7, 11) is 0. The van der Waals surface area contributed by atoms with Gasteiger partial charge in [0.15, 0.2) is 5.78 Å². The molecule has 86 valence electrons. The fourth-order valence-corrected chi connectivity index (χ4v) is 1.06. The lowest BCUT2D eigenvalue weighted by Crippen LogP contribution is -2.42. The zero-order valence-corrected chi connectivity index (χ0v) is 9.42. The van der Waals surface area contributed by atoms with Crippen LogP contribution >= 0.6 is 0 Å². The summed E-state index contributed by atoms with van der Waals surface area (Å²) in [5.74, 6) is -0.131. The molecule has 1 aliphatic rings. The van der Waals surface area contributed by atoms with E-state index in [1.807, 2.05) is 0 Å². The molecule has 0 unspecified atom stereocenters. The highest BCUT2D eigenvalue weighted by molar-refractivity contribution is 5.94. The number of nitrogens with one attached hydrogen (secondary N) is 1. The van der Waals surface area contributed by atoms with Crippen LogP contribution in [0.1, 0.15) is 33.6 Å². The molecule has 0 spiro atoms. The van der Waals surface area contributed by atoms with Crippen molar-refractivity contribution in [2.75, 3.05) is 6.54 Å². The molecule has 5 nitrogen and oxygen atoms in total. The van der Waals surface area contributed by atoms with Crippen LogP contribution in [0.4, 0.5) is 4.79 Å². The van der Waals surface area contributed by atoms with Gasteiger partial charge in [-0.15, -0.1) is 0 Å². The number of carbonyl (C=O) groups is 2. The van der Waals surface area contributed by atoms with Gasteiger partial charge < -0.3 is 15.8 Å². The number of Topliss-reactive ketones (excluding diaryl/α,β-unsaturated/α-hetero) is 1. The quantitative estimate of drug-likeness (QED) is 0.719. The number of ether oxygens (including phenoxy) is 1. The fraction of sp³-hybridized carbons (Fsp3) is 0.800. The first-order valence-corrected chi connectivity index (χ1v) is 5.02. The van der Waals surface area contributed by atoms with Crippen LogP contribution in [0.25, 0.3) is 0 Å². The molecule has 0 aromatic carbocycles. The molecule has 3 N–H and O–H groups in total. The van der Waals surface area contributed by atoms with Crippen LogP contribution in [-0.4, -0.2) is 29.6 Å². The first-order valence-electron chi connectivity index (χ1n) is 5.02. The van der Waals surface area contributed by atoms with Gasteiger partial charge in [-0.2, -0.15) is 0 Å². The van der Waals surface area contributed by atoms with E-state index >= 15 is 0 Å².